The van der Waals surface area contributed by atoms with Gasteiger partial charge in [-0.05, 0) is 78.5 Å². The summed E-state index contributed by atoms with van der Waals surface area (Å²) in [7, 11) is 11.0. The minimum atomic E-state index is -0.826. The Balaban J connectivity index is 0.000000163. The average Bonchev–Trinajstić information content (AvgIpc) is 4.00. The van der Waals surface area contributed by atoms with Crippen molar-refractivity contribution < 1.29 is 20.8 Å². The molecular formula is C50H58Cl2SiZr. The first kappa shape index (κ1) is 41.4. The first-order valence-corrected chi connectivity index (χ1v) is 29.0. The van der Waals surface area contributed by atoms with Crippen LogP contribution in [0.5, 0.6) is 0 Å². The maximum atomic E-state index is 4.93. The summed E-state index contributed by atoms with van der Waals surface area (Å²) in [6.07, 6.45) is 19.5. The smallest absolute Gasteiger partial charge is 0.0162 e. The molecule has 3 aliphatic carbocycles. The van der Waals surface area contributed by atoms with Crippen LogP contribution in [0, 0.1) is 6.92 Å². The van der Waals surface area contributed by atoms with Crippen molar-refractivity contribution in [2.45, 2.75) is 128 Å². The number of hydrogen-bond donors (Lipinski definition) is 0. The minimum Gasteiger partial charge on any atom is -0.164 e. The summed E-state index contributed by atoms with van der Waals surface area (Å²) >= 11 is -0.826. The van der Waals surface area contributed by atoms with E-state index in [1.165, 1.54) is 145 Å². The Labute approximate surface area is 347 Å². The molecule has 0 aliphatic heterocycles. The van der Waals surface area contributed by atoms with Crippen LogP contribution in [0.4, 0.5) is 0 Å². The van der Waals surface area contributed by atoms with Crippen LogP contribution in [0.25, 0.3) is 43.8 Å². The van der Waals surface area contributed by atoms with Gasteiger partial charge in [-0.25, -0.2) is 0 Å². The van der Waals surface area contributed by atoms with Gasteiger partial charge in [-0.15, -0.1) is 69.1 Å². The molecule has 3 fully saturated rings. The molecule has 0 saturated heterocycles. The fourth-order valence-electron chi connectivity index (χ4n) is 9.38. The number of aryl methyl sites for hydroxylation is 1. The first-order chi connectivity index (χ1) is 26.5. The molecule has 0 nitrogen and oxygen atoms in total. The van der Waals surface area contributed by atoms with E-state index in [9.17, 15) is 0 Å². The maximum Gasteiger partial charge on any atom is -0.0162 e. The number of benzene rings is 4. The van der Waals surface area contributed by atoms with Gasteiger partial charge in [0.25, 0.3) is 0 Å². The van der Waals surface area contributed by atoms with Crippen LogP contribution >= 0.6 is 17.0 Å². The largest absolute Gasteiger partial charge is 0.164 e. The van der Waals surface area contributed by atoms with Crippen LogP contribution in [0.1, 0.15) is 130 Å². The molecule has 0 aromatic heterocycles. The second-order valence-electron chi connectivity index (χ2n) is 15.9. The van der Waals surface area contributed by atoms with Crippen molar-refractivity contribution in [2.24, 2.45) is 0 Å². The van der Waals surface area contributed by atoms with E-state index in [0.717, 1.165) is 27.3 Å². The summed E-state index contributed by atoms with van der Waals surface area (Å²) in [6.45, 7) is 6.48. The molecule has 4 heteroatoms. The zero-order valence-corrected chi connectivity index (χ0v) is 37.7. The van der Waals surface area contributed by atoms with Gasteiger partial charge in [0.2, 0.25) is 0 Å². The molecule has 0 atom stereocenters. The molecule has 280 valence electrons. The number of rotatable bonds is 5. The average molecular weight is 849 g/mol. The molecule has 0 bridgehead atoms. The van der Waals surface area contributed by atoms with Crippen molar-refractivity contribution in [3.63, 3.8) is 0 Å². The molecule has 3 saturated carbocycles. The summed E-state index contributed by atoms with van der Waals surface area (Å²) in [5, 5.41) is 5.59. The predicted molar refractivity (Wildman–Crippen MR) is 237 cm³/mol. The Hall–Kier alpha value is -2.22. The Morgan fingerprint density at radius 1 is 0.519 bits per heavy atom. The van der Waals surface area contributed by atoms with Crippen molar-refractivity contribution in [1.29, 1.82) is 0 Å². The van der Waals surface area contributed by atoms with Crippen LogP contribution < -0.4 is 0 Å². The molecule has 6 aromatic carbocycles. The van der Waals surface area contributed by atoms with E-state index in [1.807, 2.05) is 0 Å². The third-order valence-electron chi connectivity index (χ3n) is 12.1. The fourth-order valence-corrected chi connectivity index (χ4v) is 9.38. The summed E-state index contributed by atoms with van der Waals surface area (Å²) in [5.74, 6) is 2.38. The van der Waals surface area contributed by atoms with Gasteiger partial charge in [0.15, 0.2) is 0 Å². The third-order valence-corrected chi connectivity index (χ3v) is 12.1. The molecule has 3 aliphatic rings. The van der Waals surface area contributed by atoms with Crippen LogP contribution in [0.3, 0.4) is 0 Å². The van der Waals surface area contributed by atoms with E-state index < -0.39 is 20.8 Å². The van der Waals surface area contributed by atoms with Gasteiger partial charge in [-0.3, -0.25) is 0 Å². The summed E-state index contributed by atoms with van der Waals surface area (Å²) in [6, 6.07) is 41.8. The van der Waals surface area contributed by atoms with Crippen molar-refractivity contribution >= 4 is 48.1 Å². The van der Waals surface area contributed by atoms with Crippen molar-refractivity contribution in [1.82, 2.24) is 0 Å². The zero-order chi connectivity index (χ0) is 37.7. The Morgan fingerprint density at radius 3 is 1.37 bits per heavy atom. The van der Waals surface area contributed by atoms with Gasteiger partial charge < -0.3 is 0 Å². The van der Waals surface area contributed by atoms with Gasteiger partial charge in [-0.1, -0.05) is 143 Å². The van der Waals surface area contributed by atoms with Gasteiger partial charge >= 0.3 is 37.9 Å². The molecule has 6 aromatic rings. The molecule has 2 radical (unpaired) electrons. The zero-order valence-electron chi connectivity index (χ0n) is 32.8. The second-order valence-corrected chi connectivity index (χ2v) is 20.6. The molecule has 0 unspecified atom stereocenters. The van der Waals surface area contributed by atoms with Crippen LogP contribution in [0.15, 0.2) is 109 Å². The third kappa shape index (κ3) is 10.8. The quantitative estimate of drug-likeness (QED) is 0.120. The van der Waals surface area contributed by atoms with Crippen molar-refractivity contribution in [3.05, 3.63) is 131 Å². The number of fused-ring (bicyclic) bond motifs is 2. The molecular weight excluding hydrogens is 791 g/mol. The van der Waals surface area contributed by atoms with Crippen LogP contribution in [-0.4, -0.2) is 9.52 Å². The van der Waals surface area contributed by atoms with E-state index in [-0.39, 0.29) is 0 Å². The summed E-state index contributed by atoms with van der Waals surface area (Å²) in [5.41, 5.74) is 11.5. The van der Waals surface area contributed by atoms with Crippen LogP contribution in [0.2, 0.25) is 13.1 Å². The normalized spacial score (nSPS) is 16.5. The van der Waals surface area contributed by atoms with Gasteiger partial charge in [0.1, 0.15) is 0 Å². The molecule has 0 spiro atoms. The SMILES string of the molecule is C[Si]C.Cc1cc2c(-c3ccc(C4CCCCC4)cc3)cccc2[cH-]1.[Cl][Zr+2][Cl].c1cc(-c2ccc(C3CCCCC3)cc2)c2cc(C3CCCC3)[cH-]c2c1. The summed E-state index contributed by atoms with van der Waals surface area (Å²) in [4.78, 5) is 0. The van der Waals surface area contributed by atoms with E-state index in [2.05, 4.69) is 129 Å². The summed E-state index contributed by atoms with van der Waals surface area (Å²) < 4.78 is 0. The number of hydrogen-bond acceptors (Lipinski definition) is 0. The minimum absolute atomic E-state index is 0.791. The molecule has 54 heavy (non-hydrogen) atoms. The standard InChI is InChI=1S/C26H29.C22H23.C2H6Si.2ClH.Zr/c1-2-7-19(8-3-1)21-13-15-22(16-14-21)25-12-6-11-23-17-24(18-26(23)25)20-9-4-5-10-20;1-16-14-20-8-5-9-21(22(20)15-16)19-12-10-18(11-13-19)17-6-3-2-4-7-17;1-3-2;;;/h6,11-20H,1-5,7-10H2;5,8-15,17H,2-4,6-7H2,1H3;1-2H3;2*1H;/q2*-1;;;;+4/p-2. The van der Waals surface area contributed by atoms with E-state index in [1.54, 1.807) is 11.1 Å². The Bertz CT molecular complexity index is 1980. The van der Waals surface area contributed by atoms with Crippen molar-refractivity contribution in [2.75, 3.05) is 0 Å². The number of halogens is 2. The predicted octanol–water partition coefficient (Wildman–Crippen LogP) is 16.7. The molecule has 0 amide bonds. The van der Waals surface area contributed by atoms with Crippen molar-refractivity contribution in [3.8, 4) is 22.3 Å². The maximum absolute atomic E-state index is 4.93. The first-order valence-electron chi connectivity index (χ1n) is 20.6. The Kier molecular flexibility index (Phi) is 16.4. The van der Waals surface area contributed by atoms with E-state index >= 15 is 0 Å². The van der Waals surface area contributed by atoms with Gasteiger partial charge in [-0.2, -0.15) is 12.1 Å². The molecule has 0 heterocycles. The van der Waals surface area contributed by atoms with E-state index in [0.29, 0.717) is 0 Å². The topological polar surface area (TPSA) is 0 Å². The second kappa shape index (κ2) is 21.3. The fraction of sp³-hybridized carbons (Fsp3) is 0.400. The van der Waals surface area contributed by atoms with Gasteiger partial charge in [0, 0.05) is 9.52 Å². The van der Waals surface area contributed by atoms with Crippen LogP contribution in [-0.2, 0) is 20.8 Å². The van der Waals surface area contributed by atoms with E-state index in [4.69, 9.17) is 17.0 Å². The molecule has 0 N–H and O–H groups in total. The Morgan fingerprint density at radius 2 is 0.907 bits per heavy atom. The molecule has 9 rings (SSSR count). The van der Waals surface area contributed by atoms with Gasteiger partial charge in [0.05, 0.1) is 0 Å². The monoisotopic (exact) mass is 846 g/mol.